The lowest BCUT2D eigenvalue weighted by Gasteiger charge is -2.02. The summed E-state index contributed by atoms with van der Waals surface area (Å²) in [5.41, 5.74) is 1.31. The van der Waals surface area contributed by atoms with Crippen molar-refractivity contribution in [1.29, 1.82) is 0 Å². The van der Waals surface area contributed by atoms with E-state index in [0.29, 0.717) is 5.69 Å². The third-order valence-corrected chi connectivity index (χ3v) is 3.83. The lowest BCUT2D eigenvalue weighted by atomic mass is 10.3. The number of nitrogens with zero attached hydrogens (tertiary/aromatic N) is 2. The van der Waals surface area contributed by atoms with Crippen molar-refractivity contribution in [3.63, 3.8) is 0 Å². The second-order valence-corrected chi connectivity index (χ2v) is 5.51. The molecular weight excluding hydrogens is 276 g/mol. The zero-order valence-electron chi connectivity index (χ0n) is 10.9. The normalized spacial score (nSPS) is 11.8. The van der Waals surface area contributed by atoms with Crippen molar-refractivity contribution in [2.75, 3.05) is 6.61 Å². The Labute approximate surface area is 118 Å². The fourth-order valence-electron chi connectivity index (χ4n) is 1.51. The maximum absolute atomic E-state index is 11.6. The summed E-state index contributed by atoms with van der Waals surface area (Å²) < 4.78 is 28.0. The SMILES string of the molecule is CCOS(=O)(=O)c1ccc(N=Nc2ccccc2)cc1. The van der Waals surface area contributed by atoms with Gasteiger partial charge in [-0.05, 0) is 43.3 Å². The largest absolute Gasteiger partial charge is 0.296 e. The van der Waals surface area contributed by atoms with Crippen LogP contribution in [0.4, 0.5) is 11.4 Å². The molecule has 0 unspecified atom stereocenters. The van der Waals surface area contributed by atoms with Crippen LogP contribution in [0.25, 0.3) is 0 Å². The van der Waals surface area contributed by atoms with Gasteiger partial charge in [-0.2, -0.15) is 18.6 Å². The molecule has 5 nitrogen and oxygen atoms in total. The van der Waals surface area contributed by atoms with Crippen LogP contribution in [0.1, 0.15) is 6.92 Å². The van der Waals surface area contributed by atoms with Gasteiger partial charge in [0.1, 0.15) is 0 Å². The second kappa shape index (κ2) is 6.40. The predicted octanol–water partition coefficient (Wildman–Crippen LogP) is 3.83. The topological polar surface area (TPSA) is 68.1 Å². The van der Waals surface area contributed by atoms with Gasteiger partial charge in [-0.1, -0.05) is 18.2 Å². The van der Waals surface area contributed by atoms with Crippen molar-refractivity contribution < 1.29 is 12.6 Å². The van der Waals surface area contributed by atoms with Gasteiger partial charge in [0.2, 0.25) is 0 Å². The summed E-state index contributed by atoms with van der Waals surface area (Å²) in [7, 11) is -3.67. The molecule has 104 valence electrons. The number of hydrogen-bond acceptors (Lipinski definition) is 5. The van der Waals surface area contributed by atoms with E-state index in [9.17, 15) is 8.42 Å². The zero-order valence-corrected chi connectivity index (χ0v) is 11.7. The Bertz CT molecular complexity index is 680. The monoisotopic (exact) mass is 290 g/mol. The molecule has 0 aromatic heterocycles. The molecule has 0 heterocycles. The molecule has 2 aromatic rings. The van der Waals surface area contributed by atoms with E-state index in [0.717, 1.165) is 5.69 Å². The van der Waals surface area contributed by atoms with Crippen LogP contribution >= 0.6 is 0 Å². The molecule has 0 aliphatic rings. The van der Waals surface area contributed by atoms with Crippen LogP contribution in [0.5, 0.6) is 0 Å². The van der Waals surface area contributed by atoms with Crippen LogP contribution in [0.3, 0.4) is 0 Å². The molecule has 0 spiro atoms. The van der Waals surface area contributed by atoms with Crippen LogP contribution < -0.4 is 0 Å². The van der Waals surface area contributed by atoms with E-state index < -0.39 is 10.1 Å². The van der Waals surface area contributed by atoms with Gasteiger partial charge in [-0.25, -0.2) is 0 Å². The first kappa shape index (κ1) is 14.4. The Balaban J connectivity index is 2.15. The number of azo groups is 1. The molecule has 2 aromatic carbocycles. The van der Waals surface area contributed by atoms with Crippen molar-refractivity contribution in [2.45, 2.75) is 11.8 Å². The lowest BCUT2D eigenvalue weighted by molar-refractivity contribution is 0.338. The van der Waals surface area contributed by atoms with Crippen molar-refractivity contribution in [1.82, 2.24) is 0 Å². The van der Waals surface area contributed by atoms with Crippen LogP contribution in [0.15, 0.2) is 69.7 Å². The Morgan fingerprint density at radius 3 is 2.00 bits per heavy atom. The summed E-state index contributed by atoms with van der Waals surface area (Å²) in [5, 5.41) is 8.08. The number of benzene rings is 2. The molecule has 0 aliphatic carbocycles. The molecule has 0 saturated heterocycles. The van der Waals surface area contributed by atoms with Crippen LogP contribution in [-0.2, 0) is 14.3 Å². The molecule has 2 rings (SSSR count). The minimum absolute atomic E-state index is 0.109. The fourth-order valence-corrected chi connectivity index (χ4v) is 2.43. The van der Waals surface area contributed by atoms with Crippen LogP contribution in [0.2, 0.25) is 0 Å². The average molecular weight is 290 g/mol. The van der Waals surface area contributed by atoms with E-state index in [2.05, 4.69) is 10.2 Å². The predicted molar refractivity (Wildman–Crippen MR) is 75.9 cm³/mol. The van der Waals surface area contributed by atoms with Crippen LogP contribution in [0, 0.1) is 0 Å². The van der Waals surface area contributed by atoms with Gasteiger partial charge in [0, 0.05) is 0 Å². The highest BCUT2D eigenvalue weighted by Crippen LogP contribution is 2.20. The molecule has 0 saturated carbocycles. The molecule has 0 atom stereocenters. The van der Waals surface area contributed by atoms with Crippen LogP contribution in [-0.4, -0.2) is 15.0 Å². The third-order valence-electron chi connectivity index (χ3n) is 2.44. The zero-order chi connectivity index (χ0) is 14.4. The highest BCUT2D eigenvalue weighted by Gasteiger charge is 2.13. The second-order valence-electron chi connectivity index (χ2n) is 3.89. The van der Waals surface area contributed by atoms with Crippen molar-refractivity contribution in [3.05, 3.63) is 54.6 Å². The fraction of sp³-hybridized carbons (Fsp3) is 0.143. The van der Waals surface area contributed by atoms with Gasteiger partial charge < -0.3 is 0 Å². The third kappa shape index (κ3) is 3.72. The van der Waals surface area contributed by atoms with E-state index in [1.807, 2.05) is 30.3 Å². The molecular formula is C14H14N2O3S. The summed E-state index contributed by atoms with van der Waals surface area (Å²) in [4.78, 5) is 0.109. The highest BCUT2D eigenvalue weighted by atomic mass is 32.2. The smallest absolute Gasteiger partial charge is 0.267 e. The highest BCUT2D eigenvalue weighted by molar-refractivity contribution is 7.86. The first-order valence-electron chi connectivity index (χ1n) is 6.08. The summed E-state index contributed by atoms with van der Waals surface area (Å²) in [5.74, 6) is 0. The first-order chi connectivity index (χ1) is 9.62. The molecule has 0 bridgehead atoms. The van der Waals surface area contributed by atoms with E-state index in [4.69, 9.17) is 4.18 Å². The minimum atomic E-state index is -3.67. The summed E-state index contributed by atoms with van der Waals surface area (Å²) in [6.07, 6.45) is 0. The standard InChI is InChI=1S/C14H14N2O3S/c1-2-19-20(17,18)14-10-8-13(9-11-14)16-15-12-6-4-3-5-7-12/h3-11H,2H2,1H3. The van der Waals surface area contributed by atoms with Gasteiger partial charge in [0.15, 0.2) is 0 Å². The summed E-state index contributed by atoms with van der Waals surface area (Å²) >= 11 is 0. The Morgan fingerprint density at radius 2 is 1.45 bits per heavy atom. The minimum Gasteiger partial charge on any atom is -0.267 e. The van der Waals surface area contributed by atoms with Crippen molar-refractivity contribution in [3.8, 4) is 0 Å². The van der Waals surface area contributed by atoms with Gasteiger partial charge in [-0.3, -0.25) is 4.18 Å². The molecule has 20 heavy (non-hydrogen) atoms. The lowest BCUT2D eigenvalue weighted by Crippen LogP contribution is -2.05. The van der Waals surface area contributed by atoms with E-state index in [1.165, 1.54) is 12.1 Å². The van der Waals surface area contributed by atoms with Gasteiger partial charge in [0.05, 0.1) is 22.9 Å². The molecule has 0 aliphatic heterocycles. The Hall–Kier alpha value is -2.05. The average Bonchev–Trinajstić information content (AvgIpc) is 2.47. The number of rotatable bonds is 5. The van der Waals surface area contributed by atoms with Gasteiger partial charge in [0.25, 0.3) is 10.1 Å². The van der Waals surface area contributed by atoms with E-state index in [-0.39, 0.29) is 11.5 Å². The molecule has 6 heteroatoms. The Morgan fingerprint density at radius 1 is 0.900 bits per heavy atom. The van der Waals surface area contributed by atoms with Gasteiger partial charge in [-0.15, -0.1) is 0 Å². The molecule has 0 radical (unpaired) electrons. The molecule has 0 amide bonds. The summed E-state index contributed by atoms with van der Waals surface area (Å²) in [6.45, 7) is 1.73. The molecule has 0 fully saturated rings. The number of hydrogen-bond donors (Lipinski definition) is 0. The van der Waals surface area contributed by atoms with Crippen molar-refractivity contribution >= 4 is 21.5 Å². The van der Waals surface area contributed by atoms with E-state index in [1.54, 1.807) is 19.1 Å². The Kier molecular flexibility index (Phi) is 4.60. The van der Waals surface area contributed by atoms with E-state index >= 15 is 0 Å². The molecule has 0 N–H and O–H groups in total. The quantitative estimate of drug-likeness (QED) is 0.620. The van der Waals surface area contributed by atoms with Gasteiger partial charge >= 0.3 is 0 Å². The summed E-state index contributed by atoms with van der Waals surface area (Å²) in [6, 6.07) is 15.4. The van der Waals surface area contributed by atoms with Crippen molar-refractivity contribution in [2.24, 2.45) is 10.2 Å². The maximum atomic E-state index is 11.6. The first-order valence-corrected chi connectivity index (χ1v) is 7.49. The maximum Gasteiger partial charge on any atom is 0.296 e.